The zero-order chi connectivity index (χ0) is 23.6. The van der Waals surface area contributed by atoms with Gasteiger partial charge in [0.1, 0.15) is 11.9 Å². The molecule has 1 aromatic heterocycles. The van der Waals surface area contributed by atoms with Crippen molar-refractivity contribution in [3.8, 4) is 0 Å². The summed E-state index contributed by atoms with van der Waals surface area (Å²) in [6, 6.07) is -0.246. The molecule has 1 aliphatic heterocycles. The van der Waals surface area contributed by atoms with Gasteiger partial charge in [-0.15, -0.1) is 0 Å². The summed E-state index contributed by atoms with van der Waals surface area (Å²) >= 11 is 0. The maximum Gasteiger partial charge on any atom is 0.410 e. The van der Waals surface area contributed by atoms with E-state index in [9.17, 15) is 37.7 Å². The van der Waals surface area contributed by atoms with Crippen LogP contribution in [0.5, 0.6) is 0 Å². The minimum absolute atomic E-state index is 0.320. The molecule has 0 aromatic carbocycles. The smallest absolute Gasteiger partial charge is 0.410 e. The molecule has 6 N–H and O–H groups in total. The monoisotopic (exact) mass is 471 g/mol. The van der Waals surface area contributed by atoms with E-state index in [0.29, 0.717) is 4.57 Å². The fraction of sp³-hybridized carbons (Fsp3) is 0.571. The second-order valence-corrected chi connectivity index (χ2v) is 7.92. The number of amides is 2. The molecule has 2 heterocycles. The fourth-order valence-electron chi connectivity index (χ4n) is 2.61. The maximum atomic E-state index is 14.5. The first-order valence-corrected chi connectivity index (χ1v) is 10.1. The summed E-state index contributed by atoms with van der Waals surface area (Å²) in [5, 5.41) is 24.4. The molecule has 0 radical (unpaired) electrons. The van der Waals surface area contributed by atoms with Gasteiger partial charge < -0.3 is 25.2 Å². The Morgan fingerprint density at radius 3 is 2.68 bits per heavy atom. The van der Waals surface area contributed by atoms with Crippen LogP contribution in [-0.4, -0.2) is 74.5 Å². The van der Waals surface area contributed by atoms with Crippen LogP contribution in [0.25, 0.3) is 0 Å². The first kappa shape index (κ1) is 24.8. The Bertz CT molecular complexity index is 945. The predicted octanol–water partition coefficient (Wildman–Crippen LogP) is -0.932. The van der Waals surface area contributed by atoms with Gasteiger partial charge in [0, 0.05) is 13.2 Å². The van der Waals surface area contributed by atoms with Crippen LogP contribution < -0.4 is 21.4 Å². The minimum Gasteiger partial charge on any atom is -0.465 e. The molecule has 5 atom stereocenters. The molecule has 1 aliphatic rings. The molecule has 2 amide bonds. The molecule has 14 nitrogen and oxygen atoms in total. The van der Waals surface area contributed by atoms with Crippen molar-refractivity contribution < 1.29 is 47.3 Å². The molecule has 0 aliphatic carbocycles. The van der Waals surface area contributed by atoms with Gasteiger partial charge >= 0.3 is 25.5 Å². The van der Waals surface area contributed by atoms with Gasteiger partial charge in [0.05, 0.1) is 12.6 Å². The van der Waals surface area contributed by atoms with E-state index in [2.05, 4.69) is 14.8 Å². The first-order chi connectivity index (χ1) is 14.3. The quantitative estimate of drug-likeness (QED) is 0.256. The molecule has 174 valence electrons. The number of alkyl halides is 2. The van der Waals surface area contributed by atoms with Crippen molar-refractivity contribution in [3.63, 3.8) is 0 Å². The van der Waals surface area contributed by atoms with E-state index in [1.165, 1.54) is 14.0 Å². The summed E-state index contributed by atoms with van der Waals surface area (Å²) in [6.45, 7) is 0.258. The van der Waals surface area contributed by atoms with Crippen LogP contribution in [0.3, 0.4) is 0 Å². The molecule has 0 spiro atoms. The zero-order valence-electron chi connectivity index (χ0n) is 16.1. The van der Waals surface area contributed by atoms with Crippen molar-refractivity contribution in [3.05, 3.63) is 22.7 Å². The standard InChI is InChI=1S/C14H20F2N5O9P/c1-6(10(23)17-2)20-31(27,28)29-5-7-9(22)14(15,16)11(30-7)21-4-3-8(18-12(21)24)19-13(25)26/h3-4,6-7,9,11,22H,5H2,1-2H3,(H,17,23)(H,25,26)(H,18,19,24)(H2,20,27,28)/t6?,7-,9-,11-/m1/s1. The van der Waals surface area contributed by atoms with Crippen LogP contribution in [0.4, 0.5) is 19.4 Å². The molecule has 0 saturated carbocycles. The molecule has 1 fully saturated rings. The van der Waals surface area contributed by atoms with E-state index in [4.69, 9.17) is 9.84 Å². The second kappa shape index (κ2) is 9.33. The number of aliphatic hydroxyl groups is 1. The Kier molecular flexibility index (Phi) is 7.46. The number of hydrogen-bond donors (Lipinski definition) is 6. The van der Waals surface area contributed by atoms with E-state index in [0.717, 1.165) is 12.3 Å². The van der Waals surface area contributed by atoms with E-state index in [1.807, 2.05) is 5.09 Å². The third kappa shape index (κ3) is 5.81. The Balaban J connectivity index is 2.13. The Morgan fingerprint density at radius 2 is 2.13 bits per heavy atom. The molecular weight excluding hydrogens is 451 g/mol. The number of nitrogens with zero attached hydrogens (tertiary/aromatic N) is 2. The average molecular weight is 471 g/mol. The van der Waals surface area contributed by atoms with Crippen molar-refractivity contribution >= 4 is 25.6 Å². The lowest BCUT2D eigenvalue weighted by Crippen LogP contribution is -2.42. The summed E-state index contributed by atoms with van der Waals surface area (Å²) in [4.78, 5) is 47.0. The Hall–Kier alpha value is -2.49. The van der Waals surface area contributed by atoms with Gasteiger partial charge in [-0.3, -0.25) is 19.2 Å². The second-order valence-electron chi connectivity index (χ2n) is 6.36. The summed E-state index contributed by atoms with van der Waals surface area (Å²) < 4.78 is 50.9. The van der Waals surface area contributed by atoms with Crippen LogP contribution >= 0.6 is 7.75 Å². The van der Waals surface area contributed by atoms with E-state index in [1.54, 1.807) is 5.32 Å². The van der Waals surface area contributed by atoms with Crippen molar-refractivity contribution in [1.29, 1.82) is 0 Å². The highest BCUT2D eigenvalue weighted by Crippen LogP contribution is 2.44. The van der Waals surface area contributed by atoms with Crippen LogP contribution in [-0.2, 0) is 18.6 Å². The van der Waals surface area contributed by atoms with Gasteiger partial charge in [0.15, 0.2) is 6.10 Å². The van der Waals surface area contributed by atoms with Gasteiger partial charge in [-0.2, -0.15) is 13.8 Å². The normalized spacial score (nSPS) is 25.4. The SMILES string of the molecule is CNC(=O)C(C)NP(=O)(O)OC[C@H]1O[C@@H](n2ccc(NC(=O)O)nc2=O)C(F)(F)[C@@H]1O. The lowest BCUT2D eigenvalue weighted by atomic mass is 10.1. The Labute approximate surface area is 172 Å². The number of carbonyl (C=O) groups is 2. The number of nitrogens with one attached hydrogen (secondary N) is 3. The molecular formula is C14H20F2N5O9P. The van der Waals surface area contributed by atoms with Gasteiger partial charge in [-0.05, 0) is 13.0 Å². The minimum atomic E-state index is -4.65. The highest BCUT2D eigenvalue weighted by molar-refractivity contribution is 7.50. The van der Waals surface area contributed by atoms with Crippen LogP contribution in [0.15, 0.2) is 17.1 Å². The van der Waals surface area contributed by atoms with Crippen LogP contribution in [0, 0.1) is 0 Å². The molecule has 17 heteroatoms. The summed E-state index contributed by atoms with van der Waals surface area (Å²) in [5.41, 5.74) is -1.31. The number of likely N-dealkylation sites (N-methyl/N-ethyl adjacent to an activating group) is 1. The van der Waals surface area contributed by atoms with E-state index in [-0.39, 0.29) is 0 Å². The largest absolute Gasteiger partial charge is 0.465 e. The fourth-order valence-corrected chi connectivity index (χ4v) is 3.64. The highest BCUT2D eigenvalue weighted by atomic mass is 31.2. The Morgan fingerprint density at radius 1 is 1.48 bits per heavy atom. The lowest BCUT2D eigenvalue weighted by Gasteiger charge is -2.21. The maximum absolute atomic E-state index is 14.5. The van der Waals surface area contributed by atoms with Gasteiger partial charge in [0.2, 0.25) is 12.1 Å². The van der Waals surface area contributed by atoms with Gasteiger partial charge in [-0.25, -0.2) is 19.2 Å². The van der Waals surface area contributed by atoms with Crippen LogP contribution in [0.1, 0.15) is 13.2 Å². The average Bonchev–Trinajstić information content (AvgIpc) is 2.88. The number of carbonyl (C=O) groups excluding carboxylic acids is 1. The number of rotatable bonds is 8. The van der Waals surface area contributed by atoms with Gasteiger partial charge in [0.25, 0.3) is 0 Å². The van der Waals surface area contributed by atoms with E-state index < -0.39 is 68.3 Å². The number of anilines is 1. The predicted molar refractivity (Wildman–Crippen MR) is 97.5 cm³/mol. The lowest BCUT2D eigenvalue weighted by molar-refractivity contribution is -0.140. The summed E-state index contributed by atoms with van der Waals surface area (Å²) in [5.74, 6) is -5.11. The number of aliphatic hydroxyl groups excluding tert-OH is 1. The molecule has 1 aromatic rings. The number of halogens is 2. The van der Waals surface area contributed by atoms with Crippen molar-refractivity contribution in [2.45, 2.75) is 37.3 Å². The van der Waals surface area contributed by atoms with Gasteiger partial charge in [-0.1, -0.05) is 0 Å². The zero-order valence-corrected chi connectivity index (χ0v) is 17.0. The number of hydrogen-bond acceptors (Lipinski definition) is 8. The number of aromatic nitrogens is 2. The van der Waals surface area contributed by atoms with E-state index >= 15 is 0 Å². The number of carboxylic acid groups (broad SMARTS) is 1. The summed E-state index contributed by atoms with van der Waals surface area (Å²) in [7, 11) is -3.36. The number of ether oxygens (including phenoxy) is 1. The molecule has 0 bridgehead atoms. The molecule has 2 unspecified atom stereocenters. The third-order valence-corrected chi connectivity index (χ3v) is 5.32. The van der Waals surface area contributed by atoms with Crippen LogP contribution in [0.2, 0.25) is 0 Å². The first-order valence-electron chi connectivity index (χ1n) is 8.55. The topological polar surface area (TPSA) is 201 Å². The molecule has 31 heavy (non-hydrogen) atoms. The summed E-state index contributed by atoms with van der Waals surface area (Å²) in [6.07, 6.45) is -7.48. The van der Waals surface area contributed by atoms with Crippen molar-refractivity contribution in [1.82, 2.24) is 20.0 Å². The van der Waals surface area contributed by atoms with Crippen molar-refractivity contribution in [2.75, 3.05) is 19.0 Å². The third-order valence-electron chi connectivity index (χ3n) is 4.11. The van der Waals surface area contributed by atoms with Crippen molar-refractivity contribution in [2.24, 2.45) is 0 Å². The molecule has 2 rings (SSSR count). The molecule has 1 saturated heterocycles. The highest BCUT2D eigenvalue weighted by Gasteiger charge is 2.60.